The van der Waals surface area contributed by atoms with Crippen molar-refractivity contribution in [2.75, 3.05) is 26.2 Å². The van der Waals surface area contributed by atoms with Gasteiger partial charge in [-0.15, -0.1) is 0 Å². The van der Waals surface area contributed by atoms with Gasteiger partial charge in [0.2, 0.25) is 0 Å². The molecule has 1 aliphatic heterocycles. The van der Waals surface area contributed by atoms with Crippen LogP contribution in [0.25, 0.3) is 11.0 Å². The Morgan fingerprint density at radius 2 is 2.11 bits per heavy atom. The number of benzene rings is 1. The van der Waals surface area contributed by atoms with Gasteiger partial charge in [-0.2, -0.15) is 5.10 Å². The van der Waals surface area contributed by atoms with Gasteiger partial charge in [-0.25, -0.2) is 0 Å². The number of rotatable bonds is 5. The van der Waals surface area contributed by atoms with Gasteiger partial charge >= 0.3 is 0 Å². The van der Waals surface area contributed by atoms with Crippen LogP contribution in [0.1, 0.15) is 21.6 Å². The number of furan rings is 1. The number of para-hydroxylation sites is 1. The van der Waals surface area contributed by atoms with Gasteiger partial charge in [0.25, 0.3) is 5.91 Å². The summed E-state index contributed by atoms with van der Waals surface area (Å²) in [6.07, 6.45) is 1.63. The second kappa shape index (κ2) is 7.72. The van der Waals surface area contributed by atoms with E-state index in [2.05, 4.69) is 20.6 Å². The molecule has 0 atom stereocenters. The molecule has 2 aromatic heterocycles. The van der Waals surface area contributed by atoms with E-state index in [1.165, 1.54) is 0 Å². The number of aromatic nitrogens is 2. The van der Waals surface area contributed by atoms with Crippen molar-refractivity contribution in [3.05, 3.63) is 52.5 Å². The molecule has 0 spiro atoms. The Morgan fingerprint density at radius 3 is 2.93 bits per heavy atom. The molecule has 8 heteroatoms. The van der Waals surface area contributed by atoms with Gasteiger partial charge in [-0.1, -0.05) is 18.2 Å². The molecule has 3 heterocycles. The number of amides is 1. The number of hydrogen-bond acceptors (Lipinski definition) is 5. The van der Waals surface area contributed by atoms with Crippen LogP contribution < -0.4 is 10.6 Å². The molecule has 1 aliphatic rings. The second-order valence-electron chi connectivity index (χ2n) is 6.69. The number of carbonyl (C=O) groups is 1. The van der Waals surface area contributed by atoms with Crippen molar-refractivity contribution in [1.82, 2.24) is 25.3 Å². The van der Waals surface area contributed by atoms with Crippen LogP contribution in [-0.4, -0.2) is 46.8 Å². The van der Waals surface area contributed by atoms with Crippen LogP contribution in [0.2, 0.25) is 5.22 Å². The van der Waals surface area contributed by atoms with Crippen LogP contribution in [0.4, 0.5) is 0 Å². The van der Waals surface area contributed by atoms with E-state index in [4.69, 9.17) is 16.0 Å². The zero-order chi connectivity index (χ0) is 18.8. The van der Waals surface area contributed by atoms with Crippen LogP contribution in [0.3, 0.4) is 0 Å². The molecule has 2 N–H and O–H groups in total. The molecule has 142 valence electrons. The molecule has 0 radical (unpaired) electrons. The predicted molar refractivity (Wildman–Crippen MR) is 104 cm³/mol. The lowest BCUT2D eigenvalue weighted by atomic mass is 10.1. The second-order valence-corrected chi connectivity index (χ2v) is 7.03. The van der Waals surface area contributed by atoms with Gasteiger partial charge in [0.1, 0.15) is 5.58 Å². The first-order chi connectivity index (χ1) is 13.1. The number of halogens is 1. The van der Waals surface area contributed by atoms with Crippen LogP contribution >= 0.6 is 11.6 Å². The van der Waals surface area contributed by atoms with E-state index in [1.54, 1.807) is 10.9 Å². The van der Waals surface area contributed by atoms with Crippen LogP contribution in [0.5, 0.6) is 0 Å². The van der Waals surface area contributed by atoms with Crippen molar-refractivity contribution in [3.8, 4) is 0 Å². The fraction of sp³-hybridized carbons (Fsp3) is 0.368. The summed E-state index contributed by atoms with van der Waals surface area (Å²) >= 11 is 6.21. The summed E-state index contributed by atoms with van der Waals surface area (Å²) in [5.41, 5.74) is 3.01. The van der Waals surface area contributed by atoms with Crippen molar-refractivity contribution in [2.24, 2.45) is 7.05 Å². The van der Waals surface area contributed by atoms with Crippen molar-refractivity contribution < 1.29 is 9.21 Å². The van der Waals surface area contributed by atoms with E-state index in [9.17, 15) is 4.79 Å². The van der Waals surface area contributed by atoms with E-state index in [0.29, 0.717) is 29.5 Å². The Hall–Kier alpha value is -2.35. The summed E-state index contributed by atoms with van der Waals surface area (Å²) in [5, 5.41) is 11.8. The molecular formula is C19H22ClN5O2. The summed E-state index contributed by atoms with van der Waals surface area (Å²) in [4.78, 5) is 15.1. The van der Waals surface area contributed by atoms with Crippen LogP contribution in [0.15, 0.2) is 34.9 Å². The average Bonchev–Trinajstić information content (AvgIpc) is 3.20. The lowest BCUT2D eigenvalue weighted by molar-refractivity contribution is 0.0948. The van der Waals surface area contributed by atoms with E-state index >= 15 is 0 Å². The third-order valence-corrected chi connectivity index (χ3v) is 5.27. The summed E-state index contributed by atoms with van der Waals surface area (Å²) < 4.78 is 7.33. The minimum Gasteiger partial charge on any atom is -0.444 e. The zero-order valence-electron chi connectivity index (χ0n) is 15.2. The Labute approximate surface area is 162 Å². The Bertz CT molecular complexity index is 958. The maximum Gasteiger partial charge on any atom is 0.255 e. The van der Waals surface area contributed by atoms with Gasteiger partial charge in [0.05, 0.1) is 17.5 Å². The van der Waals surface area contributed by atoms with E-state index in [-0.39, 0.29) is 5.91 Å². The van der Waals surface area contributed by atoms with Crippen molar-refractivity contribution in [2.45, 2.75) is 13.1 Å². The molecule has 0 aliphatic carbocycles. The smallest absolute Gasteiger partial charge is 0.255 e. The molecular weight excluding hydrogens is 366 g/mol. The minimum atomic E-state index is -0.158. The topological polar surface area (TPSA) is 75.3 Å². The Balaban J connectivity index is 1.49. The highest BCUT2D eigenvalue weighted by atomic mass is 35.5. The van der Waals surface area contributed by atoms with Crippen LogP contribution in [-0.2, 0) is 20.1 Å². The van der Waals surface area contributed by atoms with E-state index in [1.807, 2.05) is 31.3 Å². The van der Waals surface area contributed by atoms with E-state index < -0.39 is 0 Å². The fourth-order valence-electron chi connectivity index (χ4n) is 3.42. The number of nitrogens with one attached hydrogen (secondary N) is 2. The van der Waals surface area contributed by atoms with Gasteiger partial charge < -0.3 is 15.1 Å². The first kappa shape index (κ1) is 18.0. The van der Waals surface area contributed by atoms with Gasteiger partial charge in [-0.05, 0) is 17.7 Å². The molecule has 4 rings (SSSR count). The molecule has 0 unspecified atom stereocenters. The highest BCUT2D eigenvalue weighted by molar-refractivity contribution is 6.30. The summed E-state index contributed by atoms with van der Waals surface area (Å²) in [6, 6.07) is 7.61. The molecule has 1 aromatic carbocycles. The summed E-state index contributed by atoms with van der Waals surface area (Å²) in [7, 11) is 1.87. The number of piperazine rings is 1. The molecule has 1 saturated heterocycles. The fourth-order valence-corrected chi connectivity index (χ4v) is 3.67. The molecule has 27 heavy (non-hydrogen) atoms. The number of fused-ring (bicyclic) bond motifs is 1. The molecule has 0 saturated carbocycles. The van der Waals surface area contributed by atoms with Crippen LogP contribution in [0, 0.1) is 0 Å². The Morgan fingerprint density at radius 1 is 1.33 bits per heavy atom. The number of hydrogen-bond donors (Lipinski definition) is 2. The number of nitrogens with zero attached hydrogens (tertiary/aromatic N) is 3. The van der Waals surface area contributed by atoms with E-state index in [0.717, 1.165) is 42.8 Å². The van der Waals surface area contributed by atoms with Gasteiger partial charge in [0.15, 0.2) is 5.22 Å². The number of aryl methyl sites for hydroxylation is 1. The summed E-state index contributed by atoms with van der Waals surface area (Å²) in [5.74, 6) is -0.158. The van der Waals surface area contributed by atoms with Crippen molar-refractivity contribution >= 4 is 28.5 Å². The molecule has 1 fully saturated rings. The standard InChI is InChI=1S/C19H22ClN5O2/c1-24-16(12-25-8-6-21-7-9-25)15(11-23-24)19(26)22-10-14-13-4-2-3-5-17(13)27-18(14)20/h2-5,11,21H,6-10,12H2,1H3,(H,22,26). The quantitative estimate of drug-likeness (QED) is 0.701. The third-order valence-electron chi connectivity index (χ3n) is 4.96. The number of carbonyl (C=O) groups excluding carboxylic acids is 1. The largest absolute Gasteiger partial charge is 0.444 e. The third kappa shape index (κ3) is 3.71. The highest BCUT2D eigenvalue weighted by Crippen LogP contribution is 2.29. The average molecular weight is 388 g/mol. The molecule has 7 nitrogen and oxygen atoms in total. The maximum atomic E-state index is 12.8. The normalized spacial score (nSPS) is 15.3. The summed E-state index contributed by atoms with van der Waals surface area (Å²) in [6.45, 7) is 4.86. The van der Waals surface area contributed by atoms with Gasteiger partial charge in [0, 0.05) is 57.3 Å². The molecule has 0 bridgehead atoms. The molecule has 1 amide bonds. The monoisotopic (exact) mass is 387 g/mol. The van der Waals surface area contributed by atoms with Crippen molar-refractivity contribution in [3.63, 3.8) is 0 Å². The van der Waals surface area contributed by atoms with Gasteiger partial charge in [-0.3, -0.25) is 14.4 Å². The minimum absolute atomic E-state index is 0.158. The first-order valence-corrected chi connectivity index (χ1v) is 9.39. The first-order valence-electron chi connectivity index (χ1n) is 9.01. The lowest BCUT2D eigenvalue weighted by Crippen LogP contribution is -2.43. The zero-order valence-corrected chi connectivity index (χ0v) is 15.9. The Kier molecular flexibility index (Phi) is 5.15. The van der Waals surface area contributed by atoms with Crippen molar-refractivity contribution in [1.29, 1.82) is 0 Å². The predicted octanol–water partition coefficient (Wildman–Crippen LogP) is 2.15. The lowest BCUT2D eigenvalue weighted by Gasteiger charge is -2.27. The molecule has 3 aromatic rings. The maximum absolute atomic E-state index is 12.8. The SMILES string of the molecule is Cn1ncc(C(=O)NCc2c(Cl)oc3ccccc23)c1CN1CCNCC1. The highest BCUT2D eigenvalue weighted by Gasteiger charge is 2.20.